The van der Waals surface area contributed by atoms with Gasteiger partial charge in [0.05, 0.1) is 11.9 Å². The third-order valence-electron chi connectivity index (χ3n) is 3.50. The van der Waals surface area contributed by atoms with Crippen molar-refractivity contribution in [3.8, 4) is 11.3 Å². The molecule has 0 radical (unpaired) electrons. The van der Waals surface area contributed by atoms with Crippen molar-refractivity contribution in [2.75, 3.05) is 5.32 Å². The van der Waals surface area contributed by atoms with Crippen molar-refractivity contribution in [3.05, 3.63) is 36.3 Å². The predicted molar refractivity (Wildman–Crippen MR) is 84.3 cm³/mol. The summed E-state index contributed by atoms with van der Waals surface area (Å²) in [5.74, 6) is -0.241. The summed E-state index contributed by atoms with van der Waals surface area (Å²) in [6.45, 7) is 4.32. The van der Waals surface area contributed by atoms with Crippen LogP contribution in [0.5, 0.6) is 0 Å². The van der Waals surface area contributed by atoms with E-state index >= 15 is 0 Å². The number of halogens is 1. The van der Waals surface area contributed by atoms with Gasteiger partial charge in [-0.1, -0.05) is 25.2 Å². The number of benzene rings is 1. The van der Waals surface area contributed by atoms with Crippen LogP contribution in [0.25, 0.3) is 16.2 Å². The predicted octanol–water partition coefficient (Wildman–Crippen LogP) is 4.20. The number of fused-ring (bicyclic) bond motifs is 1. The van der Waals surface area contributed by atoms with Crippen molar-refractivity contribution in [1.29, 1.82) is 0 Å². The Morgan fingerprint density at radius 3 is 2.57 bits per heavy atom. The highest BCUT2D eigenvalue weighted by molar-refractivity contribution is 7.20. The molecule has 0 amide bonds. The summed E-state index contributed by atoms with van der Waals surface area (Å²) in [4.78, 5) is 5.38. The molecule has 0 saturated heterocycles. The molecular formula is C15H17FN4S. The minimum Gasteiger partial charge on any atom is -0.357 e. The summed E-state index contributed by atoms with van der Waals surface area (Å²) < 4.78 is 14.7. The number of nitrogens with one attached hydrogen (secondary N) is 1. The van der Waals surface area contributed by atoms with E-state index in [9.17, 15) is 4.39 Å². The first-order valence-electron chi connectivity index (χ1n) is 7.08. The molecule has 1 N–H and O–H groups in total. The maximum Gasteiger partial charge on any atom is 0.214 e. The van der Waals surface area contributed by atoms with Crippen LogP contribution in [-0.2, 0) is 0 Å². The molecule has 2 aromatic heterocycles. The zero-order valence-electron chi connectivity index (χ0n) is 12.0. The van der Waals surface area contributed by atoms with E-state index in [2.05, 4.69) is 29.2 Å². The van der Waals surface area contributed by atoms with E-state index in [1.807, 2.05) is 6.20 Å². The normalized spacial score (nSPS) is 11.4. The van der Waals surface area contributed by atoms with Crippen LogP contribution in [0.2, 0.25) is 0 Å². The van der Waals surface area contributed by atoms with Crippen LogP contribution in [0, 0.1) is 5.82 Å². The number of aromatic nitrogens is 3. The molecule has 0 fully saturated rings. The number of hydrogen-bond acceptors (Lipinski definition) is 4. The van der Waals surface area contributed by atoms with Crippen molar-refractivity contribution in [1.82, 2.24) is 14.6 Å². The van der Waals surface area contributed by atoms with Crippen LogP contribution in [0.1, 0.15) is 26.7 Å². The van der Waals surface area contributed by atoms with E-state index in [-0.39, 0.29) is 5.82 Å². The molecule has 0 aliphatic heterocycles. The van der Waals surface area contributed by atoms with Crippen molar-refractivity contribution in [3.63, 3.8) is 0 Å². The van der Waals surface area contributed by atoms with Gasteiger partial charge in [-0.2, -0.15) is 0 Å². The number of anilines is 1. The lowest BCUT2D eigenvalue weighted by molar-refractivity contribution is 0.628. The molecule has 3 rings (SSSR count). The van der Waals surface area contributed by atoms with Crippen LogP contribution in [-0.4, -0.2) is 20.6 Å². The van der Waals surface area contributed by atoms with Gasteiger partial charge in [0.2, 0.25) is 10.1 Å². The standard InChI is InChI=1S/C15H17FN4S/c1-3-12(4-2)17-14-19-20-9-13(18-15(20)21-14)10-5-7-11(16)8-6-10/h5-9,12H,3-4H2,1-2H3,(H,17,19). The Balaban J connectivity index is 1.85. The summed E-state index contributed by atoms with van der Waals surface area (Å²) in [7, 11) is 0. The number of imidazole rings is 1. The fourth-order valence-electron chi connectivity index (χ4n) is 2.19. The van der Waals surface area contributed by atoms with Gasteiger partial charge in [-0.15, -0.1) is 5.10 Å². The van der Waals surface area contributed by atoms with Crippen molar-refractivity contribution in [2.24, 2.45) is 0 Å². The van der Waals surface area contributed by atoms with Crippen LogP contribution in [0.3, 0.4) is 0 Å². The zero-order chi connectivity index (χ0) is 14.8. The largest absolute Gasteiger partial charge is 0.357 e. The van der Waals surface area contributed by atoms with Gasteiger partial charge in [0.15, 0.2) is 0 Å². The highest BCUT2D eigenvalue weighted by Crippen LogP contribution is 2.25. The molecule has 6 heteroatoms. The first kappa shape index (κ1) is 14.0. The van der Waals surface area contributed by atoms with Gasteiger partial charge in [0.25, 0.3) is 0 Å². The van der Waals surface area contributed by atoms with Crippen molar-refractivity contribution >= 4 is 21.4 Å². The van der Waals surface area contributed by atoms with Crippen LogP contribution in [0.4, 0.5) is 9.52 Å². The molecule has 21 heavy (non-hydrogen) atoms. The van der Waals surface area contributed by atoms with Crippen molar-refractivity contribution in [2.45, 2.75) is 32.7 Å². The first-order valence-corrected chi connectivity index (χ1v) is 7.90. The van der Waals surface area contributed by atoms with E-state index in [1.54, 1.807) is 16.6 Å². The highest BCUT2D eigenvalue weighted by Gasteiger charge is 2.11. The summed E-state index contributed by atoms with van der Waals surface area (Å²) in [6, 6.07) is 6.78. The van der Waals surface area contributed by atoms with E-state index in [4.69, 9.17) is 0 Å². The monoisotopic (exact) mass is 304 g/mol. The molecule has 0 aliphatic carbocycles. The Bertz CT molecular complexity index is 696. The molecule has 3 aromatic rings. The molecule has 110 valence electrons. The highest BCUT2D eigenvalue weighted by atomic mass is 32.1. The molecular weight excluding hydrogens is 287 g/mol. The lowest BCUT2D eigenvalue weighted by Gasteiger charge is -2.12. The average Bonchev–Trinajstić information content (AvgIpc) is 3.03. The third kappa shape index (κ3) is 2.90. The van der Waals surface area contributed by atoms with Gasteiger partial charge in [0, 0.05) is 11.6 Å². The molecule has 0 saturated carbocycles. The average molecular weight is 304 g/mol. The summed E-state index contributed by atoms with van der Waals surface area (Å²) in [5, 5.41) is 8.80. The molecule has 0 aliphatic rings. The van der Waals surface area contributed by atoms with Gasteiger partial charge in [-0.3, -0.25) is 0 Å². The number of rotatable bonds is 5. The summed E-state index contributed by atoms with van der Waals surface area (Å²) in [6.07, 6.45) is 4.01. The third-order valence-corrected chi connectivity index (χ3v) is 4.35. The molecule has 0 atom stereocenters. The van der Waals surface area contributed by atoms with Crippen LogP contribution >= 0.6 is 11.3 Å². The summed E-state index contributed by atoms with van der Waals surface area (Å²) in [5.41, 5.74) is 1.70. The van der Waals surface area contributed by atoms with E-state index in [0.29, 0.717) is 6.04 Å². The zero-order valence-corrected chi connectivity index (χ0v) is 12.8. The number of hydrogen-bond donors (Lipinski definition) is 1. The SMILES string of the molecule is CCC(CC)Nc1nn2cc(-c3ccc(F)cc3)nc2s1. The second-order valence-corrected chi connectivity index (χ2v) is 5.88. The molecule has 4 nitrogen and oxygen atoms in total. The Hall–Kier alpha value is -1.95. The van der Waals surface area contributed by atoms with Crippen LogP contribution < -0.4 is 5.32 Å². The van der Waals surface area contributed by atoms with E-state index < -0.39 is 0 Å². The van der Waals surface area contributed by atoms with Gasteiger partial charge >= 0.3 is 0 Å². The minimum atomic E-state index is -0.241. The Morgan fingerprint density at radius 2 is 1.95 bits per heavy atom. The van der Waals surface area contributed by atoms with E-state index in [0.717, 1.165) is 34.2 Å². The molecule has 0 spiro atoms. The topological polar surface area (TPSA) is 42.2 Å². The Kier molecular flexibility index (Phi) is 3.88. The van der Waals surface area contributed by atoms with Gasteiger partial charge in [0.1, 0.15) is 5.82 Å². The van der Waals surface area contributed by atoms with Gasteiger partial charge in [-0.05, 0) is 37.1 Å². The maximum atomic E-state index is 12.9. The Labute approximate surface area is 126 Å². The van der Waals surface area contributed by atoms with Gasteiger partial charge in [-0.25, -0.2) is 13.9 Å². The van der Waals surface area contributed by atoms with Gasteiger partial charge < -0.3 is 5.32 Å². The molecule has 2 heterocycles. The van der Waals surface area contributed by atoms with Crippen LogP contribution in [0.15, 0.2) is 30.5 Å². The quantitative estimate of drug-likeness (QED) is 0.768. The lowest BCUT2D eigenvalue weighted by Crippen LogP contribution is -2.16. The fourth-order valence-corrected chi connectivity index (χ4v) is 3.04. The maximum absolute atomic E-state index is 12.9. The fraction of sp³-hybridized carbons (Fsp3) is 0.333. The minimum absolute atomic E-state index is 0.241. The molecule has 1 aromatic carbocycles. The second-order valence-electron chi connectivity index (χ2n) is 4.93. The number of nitrogens with zero attached hydrogens (tertiary/aromatic N) is 3. The van der Waals surface area contributed by atoms with Crippen molar-refractivity contribution < 1.29 is 4.39 Å². The summed E-state index contributed by atoms with van der Waals surface area (Å²) >= 11 is 1.53. The Morgan fingerprint density at radius 1 is 1.24 bits per heavy atom. The molecule has 0 bridgehead atoms. The molecule has 0 unspecified atom stereocenters. The second kappa shape index (κ2) is 5.81. The van der Waals surface area contributed by atoms with E-state index in [1.165, 1.54) is 23.5 Å². The first-order chi connectivity index (χ1) is 10.2. The smallest absolute Gasteiger partial charge is 0.214 e. The lowest BCUT2D eigenvalue weighted by atomic mass is 10.2.